The van der Waals surface area contributed by atoms with Crippen LogP contribution in [0.15, 0.2) is 30.3 Å². The molecule has 0 radical (unpaired) electrons. The van der Waals surface area contributed by atoms with Gasteiger partial charge in [-0.1, -0.05) is 29.3 Å². The van der Waals surface area contributed by atoms with Crippen LogP contribution >= 0.6 is 23.2 Å². The first-order chi connectivity index (χ1) is 18.4. The molecule has 11 heteroatoms. The van der Waals surface area contributed by atoms with Crippen molar-refractivity contribution in [3.63, 3.8) is 0 Å². The number of benzene rings is 2. The zero-order chi connectivity index (χ0) is 28.1. The predicted molar refractivity (Wildman–Crippen MR) is 143 cm³/mol. The number of rotatable bonds is 8. The molecule has 2 aliphatic heterocycles. The SMILES string of the molecule is C[C@@H](Oc1cc(N2CC([C@@H]3CN(C4CC(C)(C(=O)O)C4)CCO3)C2)c(F)cc1C(F)F)c1ccc(Cl)cc1Cl. The van der Waals surface area contributed by atoms with Crippen LogP contribution in [0.25, 0.3) is 0 Å². The average molecular weight is 587 g/mol. The van der Waals surface area contributed by atoms with Crippen LogP contribution in [0.1, 0.15) is 50.3 Å². The van der Waals surface area contributed by atoms with Crippen LogP contribution < -0.4 is 9.64 Å². The number of hydrogen-bond donors (Lipinski definition) is 1. The number of alkyl halides is 2. The van der Waals surface area contributed by atoms with Crippen molar-refractivity contribution in [2.45, 2.75) is 51.4 Å². The van der Waals surface area contributed by atoms with Gasteiger partial charge in [-0.15, -0.1) is 0 Å². The monoisotopic (exact) mass is 586 g/mol. The summed E-state index contributed by atoms with van der Waals surface area (Å²) in [5, 5.41) is 10.2. The Bertz CT molecular complexity index is 1240. The van der Waals surface area contributed by atoms with Crippen molar-refractivity contribution in [2.75, 3.05) is 37.7 Å². The summed E-state index contributed by atoms with van der Waals surface area (Å²) in [5.74, 6) is -1.45. The largest absolute Gasteiger partial charge is 0.485 e. The van der Waals surface area contributed by atoms with E-state index in [-0.39, 0.29) is 29.5 Å². The molecule has 1 aliphatic carbocycles. The van der Waals surface area contributed by atoms with E-state index in [1.165, 1.54) is 6.07 Å². The highest BCUT2D eigenvalue weighted by Gasteiger charge is 2.50. The minimum absolute atomic E-state index is 0.0575. The fourth-order valence-electron chi connectivity index (χ4n) is 5.83. The second kappa shape index (κ2) is 11.0. The second-order valence-electron chi connectivity index (χ2n) is 11.1. The molecule has 1 saturated carbocycles. The van der Waals surface area contributed by atoms with Gasteiger partial charge < -0.3 is 19.5 Å². The normalized spacial score (nSPS) is 26.7. The summed E-state index contributed by atoms with van der Waals surface area (Å²) in [5.41, 5.74) is -0.413. The first-order valence-corrected chi connectivity index (χ1v) is 13.8. The first kappa shape index (κ1) is 28.3. The number of hydrogen-bond acceptors (Lipinski definition) is 5. The predicted octanol–water partition coefficient (Wildman–Crippen LogP) is 6.60. The van der Waals surface area contributed by atoms with Gasteiger partial charge in [-0.05, 0) is 44.9 Å². The lowest BCUT2D eigenvalue weighted by Gasteiger charge is -2.52. The maximum atomic E-state index is 15.0. The number of aliphatic carboxylic acids is 1. The van der Waals surface area contributed by atoms with Gasteiger partial charge in [-0.3, -0.25) is 9.69 Å². The topological polar surface area (TPSA) is 62.2 Å². The first-order valence-electron chi connectivity index (χ1n) is 13.0. The molecule has 6 nitrogen and oxygen atoms in total. The van der Waals surface area contributed by atoms with E-state index in [4.69, 9.17) is 32.7 Å². The van der Waals surface area contributed by atoms with Crippen LogP contribution in [-0.2, 0) is 9.53 Å². The third-order valence-corrected chi connectivity index (χ3v) is 8.89. The molecule has 0 spiro atoms. The van der Waals surface area contributed by atoms with Crippen LogP contribution in [0, 0.1) is 17.2 Å². The third kappa shape index (κ3) is 5.69. The Hall–Kier alpha value is -2.20. The van der Waals surface area contributed by atoms with Crippen molar-refractivity contribution in [3.8, 4) is 5.75 Å². The number of ether oxygens (including phenoxy) is 2. The van der Waals surface area contributed by atoms with Gasteiger partial charge in [0.05, 0.1) is 29.4 Å². The van der Waals surface area contributed by atoms with Crippen molar-refractivity contribution < 1.29 is 32.5 Å². The molecule has 0 bridgehead atoms. The van der Waals surface area contributed by atoms with Crippen molar-refractivity contribution in [1.29, 1.82) is 0 Å². The molecule has 3 fully saturated rings. The molecule has 0 aromatic heterocycles. The average Bonchev–Trinajstić information content (AvgIpc) is 2.82. The Balaban J connectivity index is 1.25. The van der Waals surface area contributed by atoms with Gasteiger partial charge in [0.2, 0.25) is 0 Å². The van der Waals surface area contributed by atoms with Gasteiger partial charge in [0.25, 0.3) is 6.43 Å². The van der Waals surface area contributed by atoms with Crippen molar-refractivity contribution >= 4 is 34.9 Å². The molecule has 2 saturated heterocycles. The van der Waals surface area contributed by atoms with E-state index in [1.54, 1.807) is 36.9 Å². The zero-order valence-electron chi connectivity index (χ0n) is 21.7. The van der Waals surface area contributed by atoms with E-state index in [0.717, 1.165) is 12.6 Å². The lowest BCUT2D eigenvalue weighted by atomic mass is 9.66. The molecule has 212 valence electrons. The molecule has 3 aliphatic rings. The molecule has 2 aromatic rings. The Morgan fingerprint density at radius 2 is 1.87 bits per heavy atom. The number of carboxylic acids is 1. The maximum Gasteiger partial charge on any atom is 0.309 e. The second-order valence-corrected chi connectivity index (χ2v) is 11.9. The van der Waals surface area contributed by atoms with Gasteiger partial charge >= 0.3 is 5.97 Å². The van der Waals surface area contributed by atoms with Crippen LogP contribution in [0.5, 0.6) is 5.75 Å². The quantitative estimate of drug-likeness (QED) is 0.376. The van der Waals surface area contributed by atoms with Crippen molar-refractivity contribution in [1.82, 2.24) is 4.90 Å². The minimum Gasteiger partial charge on any atom is -0.485 e. The van der Waals surface area contributed by atoms with Gasteiger partial charge in [0.15, 0.2) is 0 Å². The highest BCUT2D eigenvalue weighted by molar-refractivity contribution is 6.35. The number of carboxylic acid groups (broad SMARTS) is 1. The fourth-order valence-corrected chi connectivity index (χ4v) is 6.39. The number of nitrogens with zero attached hydrogens (tertiary/aromatic N) is 2. The van der Waals surface area contributed by atoms with Crippen LogP contribution in [0.3, 0.4) is 0 Å². The molecule has 1 N–H and O–H groups in total. The lowest BCUT2D eigenvalue weighted by Crippen LogP contribution is -2.61. The molecule has 2 heterocycles. The van der Waals surface area contributed by atoms with E-state index in [0.29, 0.717) is 54.7 Å². The van der Waals surface area contributed by atoms with Crippen molar-refractivity contribution in [2.24, 2.45) is 11.3 Å². The van der Waals surface area contributed by atoms with E-state index in [9.17, 15) is 18.7 Å². The lowest BCUT2D eigenvalue weighted by molar-refractivity contribution is -0.161. The fraction of sp³-hybridized carbons (Fsp3) is 0.536. The minimum atomic E-state index is -2.92. The molecule has 2 aromatic carbocycles. The molecular weight excluding hydrogens is 556 g/mol. The summed E-state index contributed by atoms with van der Waals surface area (Å²) < 4.78 is 54.5. The van der Waals surface area contributed by atoms with Gasteiger partial charge in [0.1, 0.15) is 17.7 Å². The summed E-state index contributed by atoms with van der Waals surface area (Å²) >= 11 is 12.2. The van der Waals surface area contributed by atoms with Crippen LogP contribution in [-0.4, -0.2) is 60.9 Å². The standard InChI is InChI=1S/C28H31Cl2F3N2O4/c1-15(19-4-3-17(29)7-21(19)30)39-24-9-23(22(31)8-20(24)26(32)33)35-12-16(13-35)25-14-34(5-6-38-25)18-10-28(2,11-18)27(36)37/h3-4,7-9,15-16,18,25-26H,5-6,10-14H2,1-2H3,(H,36,37)/t15-,18?,25+,28?/m1/s1. The van der Waals surface area contributed by atoms with Crippen molar-refractivity contribution in [3.05, 3.63) is 57.3 Å². The highest BCUT2D eigenvalue weighted by atomic mass is 35.5. The van der Waals surface area contributed by atoms with Crippen LogP contribution in [0.4, 0.5) is 18.9 Å². The number of morpholine rings is 1. The molecule has 39 heavy (non-hydrogen) atoms. The summed E-state index contributed by atoms with van der Waals surface area (Å²) in [6.45, 7) is 6.50. The smallest absolute Gasteiger partial charge is 0.309 e. The molecule has 0 amide bonds. The van der Waals surface area contributed by atoms with Crippen LogP contribution in [0.2, 0.25) is 10.0 Å². The Morgan fingerprint density at radius 1 is 1.15 bits per heavy atom. The Labute approximate surface area is 235 Å². The van der Waals surface area contributed by atoms with E-state index in [2.05, 4.69) is 4.90 Å². The molecule has 5 rings (SSSR count). The van der Waals surface area contributed by atoms with E-state index < -0.39 is 35.3 Å². The number of anilines is 1. The summed E-state index contributed by atoms with van der Waals surface area (Å²) in [6.07, 6.45) is -2.41. The molecular formula is C28H31Cl2F3N2O4. The van der Waals surface area contributed by atoms with Gasteiger partial charge in [-0.2, -0.15) is 0 Å². The van der Waals surface area contributed by atoms with Gasteiger partial charge in [0, 0.05) is 59.8 Å². The van der Waals surface area contributed by atoms with E-state index >= 15 is 4.39 Å². The summed E-state index contributed by atoms with van der Waals surface area (Å²) in [7, 11) is 0. The number of halogens is 5. The third-order valence-electron chi connectivity index (χ3n) is 8.32. The maximum absolute atomic E-state index is 15.0. The summed E-state index contributed by atoms with van der Waals surface area (Å²) in [4.78, 5) is 15.6. The molecule has 2 atom stereocenters. The Morgan fingerprint density at radius 3 is 2.51 bits per heavy atom. The zero-order valence-corrected chi connectivity index (χ0v) is 23.2. The molecule has 0 unspecified atom stereocenters. The van der Waals surface area contributed by atoms with E-state index in [1.807, 2.05) is 0 Å². The summed E-state index contributed by atoms with van der Waals surface area (Å²) in [6, 6.07) is 7.25. The Kier molecular flexibility index (Phi) is 7.99. The highest BCUT2D eigenvalue weighted by Crippen LogP contribution is 2.45. The van der Waals surface area contributed by atoms with Gasteiger partial charge in [-0.25, -0.2) is 13.2 Å². The number of carbonyl (C=O) groups is 1.